The summed E-state index contributed by atoms with van der Waals surface area (Å²) in [4.78, 5) is 38.4. The molecule has 24 heavy (non-hydrogen) atoms. The van der Waals surface area contributed by atoms with E-state index < -0.39 is 42.0 Å². The van der Waals surface area contributed by atoms with Gasteiger partial charge >= 0.3 is 5.97 Å². The highest BCUT2D eigenvalue weighted by atomic mass is 16.4. The van der Waals surface area contributed by atoms with Gasteiger partial charge < -0.3 is 38.0 Å². The van der Waals surface area contributed by atoms with E-state index in [9.17, 15) is 19.5 Å². The van der Waals surface area contributed by atoms with Crippen molar-refractivity contribution in [1.29, 1.82) is 0 Å². The molecule has 2 amide bonds. The van der Waals surface area contributed by atoms with Crippen molar-refractivity contribution in [2.75, 3.05) is 6.54 Å². The predicted octanol–water partition coefficient (Wildman–Crippen LogP) is -3.18. The highest BCUT2D eigenvalue weighted by Gasteiger charge is 2.28. The number of hydrogen-bond acceptors (Lipinski definition) is 6. The smallest absolute Gasteiger partial charge is 0.328 e. The zero-order valence-electron chi connectivity index (χ0n) is 13.7. The maximum Gasteiger partial charge on any atom is 0.328 e. The van der Waals surface area contributed by atoms with E-state index in [1.165, 1.54) is 13.8 Å². The van der Waals surface area contributed by atoms with Crippen molar-refractivity contribution in [3.8, 4) is 0 Å². The molecule has 0 aromatic heterocycles. The number of amides is 2. The van der Waals surface area contributed by atoms with Gasteiger partial charge in [-0.1, -0.05) is 0 Å². The van der Waals surface area contributed by atoms with E-state index in [1.54, 1.807) is 0 Å². The Morgan fingerprint density at radius 1 is 1.12 bits per heavy atom. The topological polar surface area (TPSA) is 206 Å². The number of carbonyl (C=O) groups is 3. The number of aliphatic hydroxyl groups is 1. The number of carbonyl (C=O) groups excluding carboxylic acids is 2. The number of nitrogens with zero attached hydrogens (tertiary/aromatic N) is 1. The van der Waals surface area contributed by atoms with Crippen molar-refractivity contribution in [2.24, 2.45) is 22.2 Å². The van der Waals surface area contributed by atoms with Gasteiger partial charge in [0.2, 0.25) is 11.8 Å². The van der Waals surface area contributed by atoms with Crippen LogP contribution in [0.25, 0.3) is 0 Å². The molecule has 0 spiro atoms. The Balaban J connectivity index is 4.39. The molecule has 4 unspecified atom stereocenters. The van der Waals surface area contributed by atoms with E-state index in [0.717, 1.165) is 0 Å². The third-order valence-corrected chi connectivity index (χ3v) is 3.10. The summed E-state index contributed by atoms with van der Waals surface area (Å²) in [5.41, 5.74) is 16.0. The lowest BCUT2D eigenvalue weighted by Gasteiger charge is -2.21. The zero-order chi connectivity index (χ0) is 18.9. The summed E-state index contributed by atoms with van der Waals surface area (Å²) < 4.78 is 0. The molecule has 138 valence electrons. The first-order valence-corrected chi connectivity index (χ1v) is 7.38. The second kappa shape index (κ2) is 10.4. The Hall–Kier alpha value is -2.40. The summed E-state index contributed by atoms with van der Waals surface area (Å²) in [6.45, 7) is 2.93. The third-order valence-electron chi connectivity index (χ3n) is 3.10. The molecule has 0 saturated heterocycles. The molecule has 0 aliphatic rings. The number of hydrogen-bond donors (Lipinski definition) is 7. The molecule has 11 heteroatoms. The fourth-order valence-corrected chi connectivity index (χ4v) is 1.70. The minimum atomic E-state index is -1.47. The molecule has 0 heterocycles. The van der Waals surface area contributed by atoms with Gasteiger partial charge in [-0.3, -0.25) is 14.6 Å². The molecule has 0 bridgehead atoms. The van der Waals surface area contributed by atoms with E-state index in [4.69, 9.17) is 22.3 Å². The molecule has 0 aromatic rings. The summed E-state index contributed by atoms with van der Waals surface area (Å²) in [5.74, 6) is -2.74. The third kappa shape index (κ3) is 8.29. The Kier molecular flexibility index (Phi) is 9.35. The van der Waals surface area contributed by atoms with Crippen molar-refractivity contribution in [2.45, 2.75) is 50.9 Å². The van der Waals surface area contributed by atoms with Crippen LogP contribution in [0.1, 0.15) is 26.7 Å². The average Bonchev–Trinajstić information content (AvgIpc) is 2.47. The van der Waals surface area contributed by atoms with E-state index in [2.05, 4.69) is 15.6 Å². The first kappa shape index (κ1) is 21.6. The minimum Gasteiger partial charge on any atom is -0.480 e. The van der Waals surface area contributed by atoms with Crippen molar-refractivity contribution in [1.82, 2.24) is 10.6 Å². The van der Waals surface area contributed by atoms with Crippen molar-refractivity contribution >= 4 is 23.7 Å². The summed E-state index contributed by atoms with van der Waals surface area (Å²) in [7, 11) is 0. The highest BCUT2D eigenvalue weighted by molar-refractivity contribution is 5.91. The van der Waals surface area contributed by atoms with E-state index in [0.29, 0.717) is 19.4 Å². The number of rotatable bonds is 10. The highest BCUT2D eigenvalue weighted by Crippen LogP contribution is 1.98. The van der Waals surface area contributed by atoms with Gasteiger partial charge in [0.1, 0.15) is 6.04 Å². The van der Waals surface area contributed by atoms with E-state index in [-0.39, 0.29) is 5.96 Å². The fraction of sp³-hybridized carbons (Fsp3) is 0.692. The molecule has 0 fully saturated rings. The Morgan fingerprint density at radius 2 is 1.71 bits per heavy atom. The van der Waals surface area contributed by atoms with Gasteiger partial charge in [-0.2, -0.15) is 0 Å². The van der Waals surface area contributed by atoms with Crippen LogP contribution in [0.5, 0.6) is 0 Å². The van der Waals surface area contributed by atoms with Gasteiger partial charge in [0.05, 0.1) is 12.1 Å². The summed E-state index contributed by atoms with van der Waals surface area (Å²) >= 11 is 0. The van der Waals surface area contributed by atoms with E-state index >= 15 is 0 Å². The van der Waals surface area contributed by atoms with Crippen LogP contribution >= 0.6 is 0 Å². The van der Waals surface area contributed by atoms with Crippen LogP contribution in [0.2, 0.25) is 0 Å². The molecule has 0 rings (SSSR count). The lowest BCUT2D eigenvalue weighted by Crippen LogP contribution is -2.55. The molecular formula is C13H26N6O5. The Morgan fingerprint density at radius 3 is 2.17 bits per heavy atom. The largest absolute Gasteiger partial charge is 0.480 e. The molecule has 0 saturated carbocycles. The number of aliphatic imine (C=N–C) groups is 1. The van der Waals surface area contributed by atoms with Crippen LogP contribution in [-0.2, 0) is 14.4 Å². The number of aliphatic carboxylic acids is 1. The molecule has 0 aromatic carbocycles. The number of aliphatic hydroxyl groups excluding tert-OH is 1. The maximum absolute atomic E-state index is 11.9. The van der Waals surface area contributed by atoms with Gasteiger partial charge in [-0.25, -0.2) is 4.79 Å². The summed E-state index contributed by atoms with van der Waals surface area (Å²) in [6, 6.07) is -3.34. The normalized spacial score (nSPS) is 15.5. The van der Waals surface area contributed by atoms with Crippen molar-refractivity contribution in [3.63, 3.8) is 0 Å². The average molecular weight is 346 g/mol. The predicted molar refractivity (Wildman–Crippen MR) is 86.7 cm³/mol. The van der Waals surface area contributed by atoms with Gasteiger partial charge in [0, 0.05) is 6.54 Å². The molecule has 10 N–H and O–H groups in total. The first-order valence-electron chi connectivity index (χ1n) is 7.38. The minimum absolute atomic E-state index is 0.0515. The van der Waals surface area contributed by atoms with Crippen molar-refractivity contribution in [3.05, 3.63) is 0 Å². The quantitative estimate of drug-likeness (QED) is 0.122. The second-order valence-corrected chi connectivity index (χ2v) is 5.35. The molecule has 11 nitrogen and oxygen atoms in total. The first-order chi connectivity index (χ1) is 11.1. The summed E-state index contributed by atoms with van der Waals surface area (Å²) in [5, 5.41) is 22.7. The fourth-order valence-electron chi connectivity index (χ4n) is 1.70. The van der Waals surface area contributed by atoms with Gasteiger partial charge in [0.25, 0.3) is 0 Å². The summed E-state index contributed by atoms with van der Waals surface area (Å²) in [6.07, 6.45) is -0.495. The van der Waals surface area contributed by atoms with Crippen LogP contribution < -0.4 is 27.8 Å². The molecular weight excluding hydrogens is 320 g/mol. The van der Waals surface area contributed by atoms with Crippen LogP contribution in [0.4, 0.5) is 0 Å². The van der Waals surface area contributed by atoms with Crippen LogP contribution in [-0.4, -0.2) is 64.7 Å². The Labute approximate surface area is 139 Å². The zero-order valence-corrected chi connectivity index (χ0v) is 13.7. The number of guanidine groups is 1. The Bertz CT molecular complexity index is 477. The molecule has 0 aliphatic carbocycles. The number of carboxylic acid groups (broad SMARTS) is 1. The van der Waals surface area contributed by atoms with Gasteiger partial charge in [0.15, 0.2) is 12.0 Å². The van der Waals surface area contributed by atoms with Gasteiger partial charge in [-0.15, -0.1) is 0 Å². The van der Waals surface area contributed by atoms with E-state index in [1.807, 2.05) is 0 Å². The van der Waals surface area contributed by atoms with Crippen LogP contribution in [0.3, 0.4) is 0 Å². The van der Waals surface area contributed by atoms with Gasteiger partial charge in [-0.05, 0) is 26.7 Å². The number of carboxylic acids is 1. The second-order valence-electron chi connectivity index (χ2n) is 5.35. The number of nitrogens with one attached hydrogen (secondary N) is 2. The van der Waals surface area contributed by atoms with Crippen LogP contribution in [0, 0.1) is 0 Å². The SMILES string of the molecule is CC(NC(=O)C(N)CCCN=C(N)N)C(=O)NC(C(=O)O)C(C)O. The monoisotopic (exact) mass is 346 g/mol. The molecule has 4 atom stereocenters. The molecule has 0 radical (unpaired) electrons. The lowest BCUT2D eigenvalue weighted by molar-refractivity contribution is -0.145. The maximum atomic E-state index is 11.9. The van der Waals surface area contributed by atoms with Crippen LogP contribution in [0.15, 0.2) is 4.99 Å². The number of nitrogens with two attached hydrogens (primary N) is 3. The van der Waals surface area contributed by atoms with Crippen molar-refractivity contribution < 1.29 is 24.6 Å². The molecule has 0 aliphatic heterocycles. The lowest BCUT2D eigenvalue weighted by atomic mass is 10.1. The standard InChI is InChI=1S/C13H26N6O5/c1-6(10(21)19-9(7(2)20)12(23)24)18-11(22)8(14)4-3-5-17-13(15)16/h6-9,20H,3-5,14H2,1-2H3,(H,18,22)(H,19,21)(H,23,24)(H4,15,16,17).